The summed E-state index contributed by atoms with van der Waals surface area (Å²) < 4.78 is 1.98. The Morgan fingerprint density at radius 3 is 2.56 bits per heavy atom. The predicted octanol–water partition coefficient (Wildman–Crippen LogP) is 3.84. The predicted molar refractivity (Wildman–Crippen MR) is 99.7 cm³/mol. The number of primary amides is 1. The number of thiophene rings is 1. The summed E-state index contributed by atoms with van der Waals surface area (Å²) in [5.74, 6) is 0.425. The first-order valence-electron chi connectivity index (χ1n) is 7.84. The topological polar surface area (TPSA) is 73.3 Å². The quantitative estimate of drug-likeness (QED) is 0.611. The average Bonchev–Trinajstić information content (AvgIpc) is 3.20. The van der Waals surface area contributed by atoms with Gasteiger partial charge >= 0.3 is 0 Å². The molecular formula is C19H16N4OS. The Labute approximate surface area is 148 Å². The van der Waals surface area contributed by atoms with Gasteiger partial charge in [0.05, 0.1) is 4.88 Å². The molecule has 0 bridgehead atoms. The fraction of sp³-hybridized carbons (Fsp3) is 0.105. The first-order chi connectivity index (χ1) is 12.0. The summed E-state index contributed by atoms with van der Waals surface area (Å²) in [5.41, 5.74) is 10.7. The van der Waals surface area contributed by atoms with E-state index in [0.29, 0.717) is 5.56 Å². The van der Waals surface area contributed by atoms with Crippen LogP contribution >= 0.6 is 11.3 Å². The maximum atomic E-state index is 11.6. The highest BCUT2D eigenvalue weighted by Gasteiger charge is 2.13. The molecule has 0 aliphatic rings. The molecule has 1 aromatic carbocycles. The van der Waals surface area contributed by atoms with Gasteiger partial charge in [-0.3, -0.25) is 9.20 Å². The Morgan fingerprint density at radius 1 is 1.04 bits per heavy atom. The molecule has 1 amide bonds. The van der Waals surface area contributed by atoms with Gasteiger partial charge < -0.3 is 5.73 Å². The van der Waals surface area contributed by atoms with E-state index in [4.69, 9.17) is 5.73 Å². The van der Waals surface area contributed by atoms with Crippen molar-refractivity contribution < 1.29 is 4.79 Å². The van der Waals surface area contributed by atoms with Crippen LogP contribution in [0, 0.1) is 13.8 Å². The zero-order valence-corrected chi connectivity index (χ0v) is 14.7. The first kappa shape index (κ1) is 15.5. The molecule has 0 radical (unpaired) electrons. The van der Waals surface area contributed by atoms with Crippen molar-refractivity contribution >= 4 is 22.9 Å². The number of carbonyl (C=O) groups is 1. The Hall–Kier alpha value is -2.99. The van der Waals surface area contributed by atoms with Crippen LogP contribution in [0.2, 0.25) is 0 Å². The lowest BCUT2D eigenvalue weighted by Crippen LogP contribution is -2.12. The minimum Gasteiger partial charge on any atom is -0.366 e. The number of pyridine rings is 1. The van der Waals surface area contributed by atoms with Crippen LogP contribution < -0.4 is 5.73 Å². The van der Waals surface area contributed by atoms with Gasteiger partial charge in [0.25, 0.3) is 0 Å². The van der Waals surface area contributed by atoms with E-state index in [1.807, 2.05) is 47.9 Å². The highest BCUT2D eigenvalue weighted by Crippen LogP contribution is 2.29. The molecule has 3 aromatic heterocycles. The summed E-state index contributed by atoms with van der Waals surface area (Å²) >= 11 is 1.65. The van der Waals surface area contributed by atoms with E-state index in [9.17, 15) is 4.79 Å². The summed E-state index contributed by atoms with van der Waals surface area (Å²) in [6.07, 6.45) is 1.96. The molecule has 6 heteroatoms. The van der Waals surface area contributed by atoms with Gasteiger partial charge in [-0.2, -0.15) is 0 Å². The van der Waals surface area contributed by atoms with Gasteiger partial charge in [-0.1, -0.05) is 12.1 Å². The van der Waals surface area contributed by atoms with Gasteiger partial charge in [-0.05, 0) is 65.7 Å². The highest BCUT2D eigenvalue weighted by atomic mass is 32.1. The number of hydrogen-bond acceptors (Lipinski definition) is 4. The normalized spacial score (nSPS) is 11.1. The molecule has 2 N–H and O–H groups in total. The standard InChI is InChI=1S/C19H16N4OS/c1-11-3-4-13(9-15(11)18(20)24)14-5-7-23-16(10-14)21-22-19(23)17-12(2)6-8-25-17/h3-10H,1-2H3,(H2,20,24). The second-order valence-electron chi connectivity index (χ2n) is 5.99. The van der Waals surface area contributed by atoms with Gasteiger partial charge in [0.1, 0.15) is 0 Å². The maximum Gasteiger partial charge on any atom is 0.248 e. The molecule has 0 fully saturated rings. The number of carbonyl (C=O) groups excluding carboxylic acids is 1. The van der Waals surface area contributed by atoms with Crippen molar-refractivity contribution in [1.82, 2.24) is 14.6 Å². The summed E-state index contributed by atoms with van der Waals surface area (Å²) in [6.45, 7) is 3.94. The van der Waals surface area contributed by atoms with Crippen molar-refractivity contribution in [3.63, 3.8) is 0 Å². The monoisotopic (exact) mass is 348 g/mol. The molecule has 0 saturated heterocycles. The van der Waals surface area contributed by atoms with Crippen molar-refractivity contribution in [2.45, 2.75) is 13.8 Å². The number of rotatable bonds is 3. The third-order valence-corrected chi connectivity index (χ3v) is 5.32. The van der Waals surface area contributed by atoms with Crippen molar-refractivity contribution in [1.29, 1.82) is 0 Å². The molecule has 124 valence electrons. The first-order valence-corrected chi connectivity index (χ1v) is 8.72. The summed E-state index contributed by atoms with van der Waals surface area (Å²) in [7, 11) is 0. The zero-order valence-electron chi connectivity index (χ0n) is 13.9. The van der Waals surface area contributed by atoms with Crippen molar-refractivity contribution in [3.05, 3.63) is 64.7 Å². The van der Waals surface area contributed by atoms with Crippen LogP contribution in [0.15, 0.2) is 48.0 Å². The SMILES string of the molecule is Cc1ccc(-c2ccn3c(-c4sccc4C)nnc3c2)cc1C(N)=O. The Morgan fingerprint density at radius 2 is 1.84 bits per heavy atom. The van der Waals surface area contributed by atoms with Crippen LogP contribution in [-0.2, 0) is 0 Å². The third-order valence-electron chi connectivity index (χ3n) is 4.31. The molecule has 4 rings (SSSR count). The molecule has 3 heterocycles. The van der Waals surface area contributed by atoms with Gasteiger partial charge in [-0.25, -0.2) is 0 Å². The van der Waals surface area contributed by atoms with E-state index < -0.39 is 5.91 Å². The van der Waals surface area contributed by atoms with Crippen molar-refractivity contribution in [2.75, 3.05) is 0 Å². The molecule has 0 unspecified atom stereocenters. The molecule has 25 heavy (non-hydrogen) atoms. The second-order valence-corrected chi connectivity index (χ2v) is 6.91. The molecule has 0 spiro atoms. The van der Waals surface area contributed by atoms with Crippen LogP contribution in [0.5, 0.6) is 0 Å². The molecule has 0 saturated carbocycles. The molecule has 0 aliphatic carbocycles. The Kier molecular flexibility index (Phi) is 3.62. The van der Waals surface area contributed by atoms with E-state index in [1.54, 1.807) is 11.3 Å². The Balaban J connectivity index is 1.82. The lowest BCUT2D eigenvalue weighted by Gasteiger charge is -2.07. The minimum atomic E-state index is -0.418. The lowest BCUT2D eigenvalue weighted by molar-refractivity contribution is 0.1000. The van der Waals surface area contributed by atoms with Crippen LogP contribution in [0.3, 0.4) is 0 Å². The number of fused-ring (bicyclic) bond motifs is 1. The van der Waals surface area contributed by atoms with Crippen molar-refractivity contribution in [3.8, 4) is 21.8 Å². The average molecular weight is 348 g/mol. The highest BCUT2D eigenvalue weighted by molar-refractivity contribution is 7.13. The third kappa shape index (κ3) is 2.60. The number of hydrogen-bond donors (Lipinski definition) is 1. The van der Waals surface area contributed by atoms with E-state index >= 15 is 0 Å². The number of aromatic nitrogens is 3. The summed E-state index contributed by atoms with van der Waals surface area (Å²) in [6, 6.07) is 11.8. The fourth-order valence-electron chi connectivity index (χ4n) is 2.89. The lowest BCUT2D eigenvalue weighted by atomic mass is 10.00. The molecule has 0 aliphatic heterocycles. The van der Waals surface area contributed by atoms with Crippen LogP contribution in [-0.4, -0.2) is 20.5 Å². The van der Waals surface area contributed by atoms with E-state index in [-0.39, 0.29) is 0 Å². The largest absolute Gasteiger partial charge is 0.366 e. The maximum absolute atomic E-state index is 11.6. The van der Waals surface area contributed by atoms with Gasteiger partial charge in [0, 0.05) is 11.8 Å². The number of amides is 1. The van der Waals surface area contributed by atoms with Crippen LogP contribution in [0.25, 0.3) is 27.5 Å². The van der Waals surface area contributed by atoms with Crippen LogP contribution in [0.1, 0.15) is 21.5 Å². The van der Waals surface area contributed by atoms with Gasteiger partial charge in [0.2, 0.25) is 5.91 Å². The van der Waals surface area contributed by atoms with Crippen molar-refractivity contribution in [2.24, 2.45) is 5.73 Å². The van der Waals surface area contributed by atoms with E-state index in [2.05, 4.69) is 28.6 Å². The van der Waals surface area contributed by atoms with E-state index in [0.717, 1.165) is 33.0 Å². The summed E-state index contributed by atoms with van der Waals surface area (Å²) in [5, 5.41) is 10.7. The zero-order chi connectivity index (χ0) is 17.6. The number of benzene rings is 1. The summed E-state index contributed by atoms with van der Waals surface area (Å²) in [4.78, 5) is 12.7. The smallest absolute Gasteiger partial charge is 0.248 e. The molecule has 0 atom stereocenters. The number of nitrogens with two attached hydrogens (primary N) is 1. The minimum absolute atomic E-state index is 0.418. The molecule has 4 aromatic rings. The molecular weight excluding hydrogens is 332 g/mol. The van der Waals surface area contributed by atoms with Gasteiger partial charge in [-0.15, -0.1) is 21.5 Å². The number of aryl methyl sites for hydroxylation is 2. The van der Waals surface area contributed by atoms with Gasteiger partial charge in [0.15, 0.2) is 11.5 Å². The second kappa shape index (κ2) is 5.82. The fourth-order valence-corrected chi connectivity index (χ4v) is 3.80. The Bertz CT molecular complexity index is 1110. The molecule has 5 nitrogen and oxygen atoms in total. The van der Waals surface area contributed by atoms with E-state index in [1.165, 1.54) is 5.56 Å². The van der Waals surface area contributed by atoms with Crippen LogP contribution in [0.4, 0.5) is 0 Å². The number of nitrogens with zero attached hydrogens (tertiary/aromatic N) is 3.